The van der Waals surface area contributed by atoms with Gasteiger partial charge in [0, 0.05) is 61.9 Å². The number of amides is 1. The quantitative estimate of drug-likeness (QED) is 0.412. The molecule has 35 heavy (non-hydrogen) atoms. The summed E-state index contributed by atoms with van der Waals surface area (Å²) in [5.41, 5.74) is 3.41. The average Bonchev–Trinajstić information content (AvgIpc) is 3.34. The molecule has 1 unspecified atom stereocenters. The number of nitrogens with zero attached hydrogens (tertiary/aromatic N) is 3. The van der Waals surface area contributed by atoms with Gasteiger partial charge in [0.25, 0.3) is 0 Å². The molecule has 0 saturated carbocycles. The smallest absolute Gasteiger partial charge is 0.234 e. The highest BCUT2D eigenvalue weighted by Gasteiger charge is 2.22. The molecule has 7 heteroatoms. The molecule has 0 bridgehead atoms. The molecule has 2 N–H and O–H groups in total. The van der Waals surface area contributed by atoms with Gasteiger partial charge >= 0.3 is 0 Å². The van der Waals surface area contributed by atoms with E-state index in [9.17, 15) is 4.79 Å². The molecule has 5 rings (SSSR count). The number of carbonyl (C=O) groups excluding carboxylic acids is 1. The van der Waals surface area contributed by atoms with Gasteiger partial charge in [-0.1, -0.05) is 36.4 Å². The van der Waals surface area contributed by atoms with Gasteiger partial charge in [-0.2, -0.15) is 0 Å². The number of anilines is 1. The maximum atomic E-state index is 12.9. The number of carbonyl (C=O) groups is 1. The van der Waals surface area contributed by atoms with Crippen molar-refractivity contribution in [2.75, 3.05) is 51.3 Å². The zero-order valence-electron chi connectivity index (χ0n) is 20.0. The van der Waals surface area contributed by atoms with Crippen LogP contribution in [-0.2, 0) is 4.79 Å². The molecule has 2 aromatic heterocycles. The van der Waals surface area contributed by atoms with Crippen molar-refractivity contribution in [1.82, 2.24) is 20.2 Å². The number of hydrogen-bond donors (Lipinski definition) is 2. The van der Waals surface area contributed by atoms with Crippen LogP contribution >= 0.6 is 0 Å². The number of benzene rings is 2. The largest absolute Gasteiger partial charge is 0.497 e. The van der Waals surface area contributed by atoms with Crippen molar-refractivity contribution in [3.05, 3.63) is 90.3 Å². The summed E-state index contributed by atoms with van der Waals surface area (Å²) in [5.74, 6) is 1.90. The molecular formula is C28H31N5O2. The summed E-state index contributed by atoms with van der Waals surface area (Å²) >= 11 is 0. The molecule has 3 heterocycles. The number of ether oxygens (including phenoxy) is 1. The Morgan fingerprint density at radius 1 is 1.03 bits per heavy atom. The van der Waals surface area contributed by atoms with Crippen LogP contribution in [0.3, 0.4) is 0 Å². The van der Waals surface area contributed by atoms with Gasteiger partial charge in [0.15, 0.2) is 0 Å². The summed E-state index contributed by atoms with van der Waals surface area (Å²) in [5, 5.41) is 4.38. The van der Waals surface area contributed by atoms with E-state index in [1.807, 2.05) is 48.7 Å². The van der Waals surface area contributed by atoms with Crippen LogP contribution in [0, 0.1) is 0 Å². The molecule has 1 fully saturated rings. The van der Waals surface area contributed by atoms with Gasteiger partial charge < -0.3 is 19.9 Å². The Morgan fingerprint density at radius 2 is 1.80 bits per heavy atom. The zero-order chi connectivity index (χ0) is 24.0. The van der Waals surface area contributed by atoms with Gasteiger partial charge in [-0.3, -0.25) is 9.69 Å². The second-order valence-electron chi connectivity index (χ2n) is 8.87. The number of rotatable bonds is 8. The number of aromatic amines is 1. The fourth-order valence-electron chi connectivity index (χ4n) is 4.78. The Morgan fingerprint density at radius 3 is 2.54 bits per heavy atom. The summed E-state index contributed by atoms with van der Waals surface area (Å²) in [4.78, 5) is 25.2. The molecule has 7 nitrogen and oxygen atoms in total. The van der Waals surface area contributed by atoms with Crippen molar-refractivity contribution in [2.45, 2.75) is 5.92 Å². The summed E-state index contributed by atoms with van der Waals surface area (Å²) in [7, 11) is 1.67. The third kappa shape index (κ3) is 5.30. The van der Waals surface area contributed by atoms with E-state index in [1.54, 1.807) is 7.11 Å². The molecule has 4 aromatic rings. The Bertz CT molecular complexity index is 1250. The first-order chi connectivity index (χ1) is 17.2. The van der Waals surface area contributed by atoms with Crippen LogP contribution in [0.1, 0.15) is 17.0 Å². The number of hydrogen-bond acceptors (Lipinski definition) is 5. The first-order valence-corrected chi connectivity index (χ1v) is 12.1. The van der Waals surface area contributed by atoms with E-state index in [0.29, 0.717) is 13.1 Å². The minimum absolute atomic E-state index is 0.0296. The number of methoxy groups -OCH3 is 1. The monoisotopic (exact) mass is 469 g/mol. The molecule has 0 spiro atoms. The lowest BCUT2D eigenvalue weighted by atomic mass is 9.90. The normalized spacial score (nSPS) is 15.2. The number of fused-ring (bicyclic) bond motifs is 1. The van der Waals surface area contributed by atoms with E-state index >= 15 is 0 Å². The Hall–Kier alpha value is -3.84. The first-order valence-electron chi connectivity index (χ1n) is 12.1. The highest BCUT2D eigenvalue weighted by Crippen LogP contribution is 2.31. The van der Waals surface area contributed by atoms with Crippen LogP contribution in [-0.4, -0.2) is 67.2 Å². The van der Waals surface area contributed by atoms with Gasteiger partial charge in [-0.05, 0) is 41.5 Å². The van der Waals surface area contributed by atoms with Crippen molar-refractivity contribution in [3.63, 3.8) is 0 Å². The summed E-state index contributed by atoms with van der Waals surface area (Å²) in [6, 6.07) is 22.4. The maximum absolute atomic E-state index is 12.9. The van der Waals surface area contributed by atoms with E-state index in [4.69, 9.17) is 4.74 Å². The van der Waals surface area contributed by atoms with Crippen LogP contribution in [0.4, 0.5) is 5.82 Å². The minimum atomic E-state index is 0.0296. The van der Waals surface area contributed by atoms with Crippen molar-refractivity contribution < 1.29 is 9.53 Å². The minimum Gasteiger partial charge on any atom is -0.497 e. The highest BCUT2D eigenvalue weighted by atomic mass is 16.5. The molecule has 1 aliphatic rings. The Balaban J connectivity index is 1.24. The van der Waals surface area contributed by atoms with E-state index in [-0.39, 0.29) is 11.8 Å². The number of H-pyrrole nitrogens is 1. The van der Waals surface area contributed by atoms with E-state index in [2.05, 4.69) is 55.5 Å². The van der Waals surface area contributed by atoms with E-state index < -0.39 is 0 Å². The SMILES string of the molecule is COc1ccc(C(CNC(=O)CN2CCN(c3ccccn3)CC2)c2c[nH]c3ccccc23)cc1. The maximum Gasteiger partial charge on any atom is 0.234 e. The van der Waals surface area contributed by atoms with Crippen LogP contribution in [0.5, 0.6) is 5.75 Å². The van der Waals surface area contributed by atoms with Gasteiger partial charge in [-0.15, -0.1) is 0 Å². The predicted molar refractivity (Wildman–Crippen MR) is 139 cm³/mol. The summed E-state index contributed by atoms with van der Waals surface area (Å²) in [6.07, 6.45) is 3.88. The molecule has 2 aromatic carbocycles. The van der Waals surface area contributed by atoms with Crippen molar-refractivity contribution in [2.24, 2.45) is 0 Å². The second-order valence-corrected chi connectivity index (χ2v) is 8.87. The molecule has 1 saturated heterocycles. The standard InChI is InChI=1S/C28H31N5O2/c1-35-22-11-9-21(10-12-22)24(25-19-30-26-7-3-2-6-23(25)26)18-31-28(34)20-32-14-16-33(17-15-32)27-8-4-5-13-29-27/h2-13,19,24,30H,14-18,20H2,1H3,(H,31,34). The van der Waals surface area contributed by atoms with Crippen LogP contribution in [0.2, 0.25) is 0 Å². The molecule has 1 amide bonds. The fraction of sp³-hybridized carbons (Fsp3) is 0.286. The van der Waals surface area contributed by atoms with Gasteiger partial charge in [-0.25, -0.2) is 4.98 Å². The molecule has 0 radical (unpaired) electrons. The molecule has 1 aliphatic heterocycles. The lowest BCUT2D eigenvalue weighted by Gasteiger charge is -2.35. The third-order valence-corrected chi connectivity index (χ3v) is 6.73. The number of piperazine rings is 1. The van der Waals surface area contributed by atoms with Crippen LogP contribution < -0.4 is 15.0 Å². The Kier molecular flexibility index (Phi) is 6.95. The van der Waals surface area contributed by atoms with Crippen molar-refractivity contribution in [1.29, 1.82) is 0 Å². The summed E-state index contributed by atoms with van der Waals surface area (Å²) < 4.78 is 5.34. The third-order valence-electron chi connectivity index (χ3n) is 6.73. The fourth-order valence-corrected chi connectivity index (χ4v) is 4.78. The van der Waals surface area contributed by atoms with Crippen molar-refractivity contribution in [3.8, 4) is 5.75 Å². The molecule has 1 atom stereocenters. The number of pyridine rings is 1. The lowest BCUT2D eigenvalue weighted by molar-refractivity contribution is -0.122. The predicted octanol–water partition coefficient (Wildman–Crippen LogP) is 3.64. The van der Waals surface area contributed by atoms with Crippen LogP contribution in [0.15, 0.2) is 79.1 Å². The van der Waals surface area contributed by atoms with Gasteiger partial charge in [0.05, 0.1) is 13.7 Å². The number of nitrogens with one attached hydrogen (secondary N) is 2. The van der Waals surface area contributed by atoms with Gasteiger partial charge in [0.2, 0.25) is 5.91 Å². The lowest BCUT2D eigenvalue weighted by Crippen LogP contribution is -2.50. The summed E-state index contributed by atoms with van der Waals surface area (Å²) in [6.45, 7) is 4.35. The van der Waals surface area contributed by atoms with E-state index in [0.717, 1.165) is 48.8 Å². The number of para-hydroxylation sites is 1. The molecular weight excluding hydrogens is 438 g/mol. The van der Waals surface area contributed by atoms with Gasteiger partial charge in [0.1, 0.15) is 11.6 Å². The number of aromatic nitrogens is 2. The average molecular weight is 470 g/mol. The Labute approximate surface area is 205 Å². The van der Waals surface area contributed by atoms with Crippen LogP contribution in [0.25, 0.3) is 10.9 Å². The highest BCUT2D eigenvalue weighted by molar-refractivity contribution is 5.84. The first kappa shape index (κ1) is 22.9. The second kappa shape index (κ2) is 10.6. The molecule has 180 valence electrons. The topological polar surface area (TPSA) is 73.5 Å². The van der Waals surface area contributed by atoms with Crippen molar-refractivity contribution >= 4 is 22.6 Å². The molecule has 0 aliphatic carbocycles. The van der Waals surface area contributed by atoms with E-state index in [1.165, 1.54) is 10.9 Å². The zero-order valence-corrected chi connectivity index (χ0v) is 20.0.